The van der Waals surface area contributed by atoms with Gasteiger partial charge in [0.1, 0.15) is 6.04 Å². The number of amides is 1. The van der Waals surface area contributed by atoms with Gasteiger partial charge < -0.3 is 10.1 Å². The van der Waals surface area contributed by atoms with E-state index in [-0.39, 0.29) is 11.8 Å². The van der Waals surface area contributed by atoms with E-state index in [4.69, 9.17) is 4.74 Å². The first-order valence-electron chi connectivity index (χ1n) is 7.93. The molecule has 0 fully saturated rings. The lowest BCUT2D eigenvalue weighted by Gasteiger charge is -2.20. The third-order valence-corrected chi connectivity index (χ3v) is 4.74. The maximum atomic E-state index is 12.7. The van der Waals surface area contributed by atoms with E-state index in [1.165, 1.54) is 7.11 Å². The van der Waals surface area contributed by atoms with Gasteiger partial charge in [-0.3, -0.25) is 4.79 Å². The van der Waals surface area contributed by atoms with Gasteiger partial charge >= 0.3 is 5.97 Å². The minimum absolute atomic E-state index is 0.164. The van der Waals surface area contributed by atoms with Crippen LogP contribution >= 0.6 is 11.8 Å². The molecular formula is C19H23NO3S. The largest absolute Gasteiger partial charge is 0.467 e. The van der Waals surface area contributed by atoms with Gasteiger partial charge in [-0.05, 0) is 41.7 Å². The van der Waals surface area contributed by atoms with Gasteiger partial charge in [-0.1, -0.05) is 42.5 Å². The van der Waals surface area contributed by atoms with Crippen molar-refractivity contribution in [2.24, 2.45) is 0 Å². The lowest BCUT2D eigenvalue weighted by molar-refractivity contribution is -0.145. The Morgan fingerprint density at radius 1 is 1.17 bits per heavy atom. The molecule has 0 aromatic heterocycles. The molecular weight excluding hydrogens is 322 g/mol. The third-order valence-electron chi connectivity index (χ3n) is 4.10. The first-order valence-corrected chi connectivity index (χ1v) is 9.32. The van der Waals surface area contributed by atoms with E-state index < -0.39 is 12.0 Å². The second-order valence-corrected chi connectivity index (χ2v) is 6.64. The van der Waals surface area contributed by atoms with E-state index >= 15 is 0 Å². The van der Waals surface area contributed by atoms with Crippen molar-refractivity contribution in [1.82, 2.24) is 5.32 Å². The zero-order chi connectivity index (χ0) is 17.5. The molecule has 24 heavy (non-hydrogen) atoms. The Bertz CT molecular complexity index is 711. The highest BCUT2D eigenvalue weighted by atomic mass is 32.2. The maximum Gasteiger partial charge on any atom is 0.328 e. The summed E-state index contributed by atoms with van der Waals surface area (Å²) in [6.07, 6.45) is 2.52. The SMILES string of the molecule is COC(=O)C(CCSC)NC(=O)[C@@H](C)c1cccc2ccccc12. The average molecular weight is 345 g/mol. The molecule has 0 saturated carbocycles. The van der Waals surface area contributed by atoms with Gasteiger partial charge in [-0.2, -0.15) is 11.8 Å². The van der Waals surface area contributed by atoms with Crippen LogP contribution in [-0.2, 0) is 14.3 Å². The molecule has 1 unspecified atom stereocenters. The molecule has 0 aliphatic rings. The Hall–Kier alpha value is -2.01. The van der Waals surface area contributed by atoms with Crippen LogP contribution in [0.1, 0.15) is 24.8 Å². The van der Waals surface area contributed by atoms with E-state index in [1.54, 1.807) is 11.8 Å². The number of esters is 1. The van der Waals surface area contributed by atoms with Gasteiger partial charge in [0.25, 0.3) is 0 Å². The highest BCUT2D eigenvalue weighted by Gasteiger charge is 2.25. The minimum atomic E-state index is -0.604. The number of nitrogens with one attached hydrogen (secondary N) is 1. The number of hydrogen-bond acceptors (Lipinski definition) is 4. The molecule has 1 N–H and O–H groups in total. The summed E-state index contributed by atoms with van der Waals surface area (Å²) in [4.78, 5) is 24.5. The lowest BCUT2D eigenvalue weighted by atomic mass is 9.94. The van der Waals surface area contributed by atoms with Crippen molar-refractivity contribution in [3.8, 4) is 0 Å². The van der Waals surface area contributed by atoms with Crippen molar-refractivity contribution in [3.05, 3.63) is 48.0 Å². The Morgan fingerprint density at radius 2 is 1.88 bits per heavy atom. The summed E-state index contributed by atoms with van der Waals surface area (Å²) >= 11 is 1.63. The lowest BCUT2D eigenvalue weighted by Crippen LogP contribution is -2.43. The molecule has 0 bridgehead atoms. The average Bonchev–Trinajstić information content (AvgIpc) is 2.63. The minimum Gasteiger partial charge on any atom is -0.467 e. The van der Waals surface area contributed by atoms with Gasteiger partial charge in [0.2, 0.25) is 5.91 Å². The van der Waals surface area contributed by atoms with Crippen LogP contribution in [0.25, 0.3) is 10.8 Å². The van der Waals surface area contributed by atoms with Crippen LogP contribution in [0.4, 0.5) is 0 Å². The van der Waals surface area contributed by atoms with Crippen molar-refractivity contribution in [1.29, 1.82) is 0 Å². The van der Waals surface area contributed by atoms with E-state index in [0.717, 1.165) is 22.1 Å². The molecule has 0 radical (unpaired) electrons. The van der Waals surface area contributed by atoms with Crippen LogP contribution in [0, 0.1) is 0 Å². The molecule has 2 atom stereocenters. The topological polar surface area (TPSA) is 55.4 Å². The molecule has 2 aromatic carbocycles. The van der Waals surface area contributed by atoms with Gasteiger partial charge in [-0.15, -0.1) is 0 Å². The van der Waals surface area contributed by atoms with E-state index in [2.05, 4.69) is 5.32 Å². The Kier molecular flexibility index (Phi) is 6.67. The number of hydrogen-bond donors (Lipinski definition) is 1. The second kappa shape index (κ2) is 8.73. The first-order chi connectivity index (χ1) is 11.6. The number of thioether (sulfide) groups is 1. The van der Waals surface area contributed by atoms with E-state index in [1.807, 2.05) is 55.6 Å². The first kappa shape index (κ1) is 18.3. The fourth-order valence-corrected chi connectivity index (χ4v) is 3.16. The quantitative estimate of drug-likeness (QED) is 0.782. The summed E-state index contributed by atoms with van der Waals surface area (Å²) in [6, 6.07) is 13.3. The summed E-state index contributed by atoms with van der Waals surface area (Å²) < 4.78 is 4.80. The van der Waals surface area contributed by atoms with Gasteiger partial charge in [0, 0.05) is 0 Å². The predicted octanol–water partition coefficient (Wildman–Crippen LogP) is 3.35. The normalized spacial score (nSPS) is 13.3. The summed E-state index contributed by atoms with van der Waals surface area (Å²) in [5.74, 6) is -0.134. The zero-order valence-corrected chi connectivity index (χ0v) is 15.1. The highest BCUT2D eigenvalue weighted by Crippen LogP contribution is 2.25. The van der Waals surface area contributed by atoms with Crippen LogP contribution in [0.2, 0.25) is 0 Å². The van der Waals surface area contributed by atoms with Crippen molar-refractivity contribution in [2.45, 2.75) is 25.3 Å². The fourth-order valence-electron chi connectivity index (χ4n) is 2.69. The van der Waals surface area contributed by atoms with Crippen molar-refractivity contribution >= 4 is 34.4 Å². The molecule has 0 aliphatic carbocycles. The second-order valence-electron chi connectivity index (χ2n) is 5.66. The van der Waals surface area contributed by atoms with E-state index in [9.17, 15) is 9.59 Å². The molecule has 0 aliphatic heterocycles. The molecule has 0 spiro atoms. The molecule has 4 nitrogen and oxygen atoms in total. The van der Waals surface area contributed by atoms with Gasteiger partial charge in [0.15, 0.2) is 0 Å². The summed E-state index contributed by atoms with van der Waals surface area (Å²) in [6.45, 7) is 1.86. The molecule has 1 amide bonds. The van der Waals surface area contributed by atoms with Crippen molar-refractivity contribution < 1.29 is 14.3 Å². The number of carbonyl (C=O) groups excluding carboxylic acids is 2. The molecule has 2 aromatic rings. The van der Waals surface area contributed by atoms with Gasteiger partial charge in [-0.25, -0.2) is 4.79 Å². The van der Waals surface area contributed by atoms with Crippen molar-refractivity contribution in [3.63, 3.8) is 0 Å². The van der Waals surface area contributed by atoms with Crippen LogP contribution < -0.4 is 5.32 Å². The molecule has 2 rings (SSSR count). The van der Waals surface area contributed by atoms with Crippen LogP contribution in [0.15, 0.2) is 42.5 Å². The molecule has 0 heterocycles. The summed E-state index contributed by atoms with van der Waals surface area (Å²) in [5.41, 5.74) is 0.957. The zero-order valence-electron chi connectivity index (χ0n) is 14.2. The smallest absolute Gasteiger partial charge is 0.328 e. The number of carbonyl (C=O) groups is 2. The fraction of sp³-hybridized carbons (Fsp3) is 0.368. The van der Waals surface area contributed by atoms with Crippen LogP contribution in [0.5, 0.6) is 0 Å². The molecule has 0 saturated heterocycles. The monoisotopic (exact) mass is 345 g/mol. The molecule has 5 heteroatoms. The molecule has 128 valence electrons. The Morgan fingerprint density at radius 3 is 2.58 bits per heavy atom. The Labute approximate surface area is 147 Å². The number of ether oxygens (including phenoxy) is 1. The Balaban J connectivity index is 2.19. The van der Waals surface area contributed by atoms with Crippen LogP contribution in [0.3, 0.4) is 0 Å². The number of methoxy groups -OCH3 is 1. The van der Waals surface area contributed by atoms with Gasteiger partial charge in [0.05, 0.1) is 13.0 Å². The highest BCUT2D eigenvalue weighted by molar-refractivity contribution is 7.98. The number of fused-ring (bicyclic) bond motifs is 1. The van der Waals surface area contributed by atoms with E-state index in [0.29, 0.717) is 6.42 Å². The van der Waals surface area contributed by atoms with Crippen LogP contribution in [-0.4, -0.2) is 37.0 Å². The number of benzene rings is 2. The third kappa shape index (κ3) is 4.29. The predicted molar refractivity (Wildman–Crippen MR) is 99.3 cm³/mol. The standard InChI is InChI=1S/C19H23NO3S/c1-13(15-10-6-8-14-7-4-5-9-16(14)15)18(21)20-17(11-12-24-3)19(22)23-2/h4-10,13,17H,11-12H2,1-3H3,(H,20,21)/t13-,17?/m0/s1. The maximum absolute atomic E-state index is 12.7. The van der Waals surface area contributed by atoms with Crippen molar-refractivity contribution in [2.75, 3.05) is 19.1 Å². The summed E-state index contributed by atoms with van der Waals surface area (Å²) in [7, 11) is 1.34. The summed E-state index contributed by atoms with van der Waals surface area (Å²) in [5, 5.41) is 4.99. The number of rotatable bonds is 7.